The van der Waals surface area contributed by atoms with Gasteiger partial charge in [0.1, 0.15) is 11.5 Å². The van der Waals surface area contributed by atoms with Crippen molar-refractivity contribution < 1.29 is 9.31 Å². The Morgan fingerprint density at radius 3 is 2.67 bits per heavy atom. The number of thioether (sulfide) groups is 1. The molecule has 7 heteroatoms. The highest BCUT2D eigenvalue weighted by atomic mass is 35.5. The van der Waals surface area contributed by atoms with Crippen LogP contribution in [0.4, 0.5) is 15.8 Å². The van der Waals surface area contributed by atoms with Crippen molar-refractivity contribution in [3.63, 3.8) is 0 Å². The lowest BCUT2D eigenvalue weighted by atomic mass is 10.2. The molecular weight excluding hydrogens is 279 g/mol. The molecule has 0 fully saturated rings. The molecule has 0 aliphatic rings. The van der Waals surface area contributed by atoms with Gasteiger partial charge >= 0.3 is 0 Å². The largest absolute Gasteiger partial charge is 0.378 e. The molecule has 0 saturated carbocycles. The summed E-state index contributed by atoms with van der Waals surface area (Å²) in [5.41, 5.74) is -0.0812. The molecule has 18 heavy (non-hydrogen) atoms. The third-order valence-corrected chi connectivity index (χ3v) is 4.03. The molecule has 0 bridgehead atoms. The van der Waals surface area contributed by atoms with E-state index in [1.54, 1.807) is 11.8 Å². The fourth-order valence-electron chi connectivity index (χ4n) is 1.21. The number of anilines is 1. The van der Waals surface area contributed by atoms with Gasteiger partial charge in [-0.05, 0) is 20.1 Å². The summed E-state index contributed by atoms with van der Waals surface area (Å²) in [4.78, 5) is 10.3. The van der Waals surface area contributed by atoms with Crippen LogP contribution in [0.5, 0.6) is 0 Å². The van der Waals surface area contributed by atoms with Crippen molar-refractivity contribution in [3.8, 4) is 0 Å². The van der Waals surface area contributed by atoms with E-state index in [1.165, 1.54) is 0 Å². The molecule has 0 spiro atoms. The molecule has 100 valence electrons. The summed E-state index contributed by atoms with van der Waals surface area (Å²) >= 11 is 7.15. The van der Waals surface area contributed by atoms with Crippen molar-refractivity contribution in [2.24, 2.45) is 0 Å². The van der Waals surface area contributed by atoms with E-state index >= 15 is 0 Å². The number of nitrogens with one attached hydrogen (secondary N) is 1. The first-order chi connectivity index (χ1) is 8.26. The summed E-state index contributed by atoms with van der Waals surface area (Å²) in [5.74, 6) is -0.674. The zero-order chi connectivity index (χ0) is 13.9. The maximum atomic E-state index is 13.3. The lowest BCUT2D eigenvalue weighted by Crippen LogP contribution is -2.26. The van der Waals surface area contributed by atoms with E-state index in [2.05, 4.69) is 5.32 Å². The predicted molar refractivity (Wildman–Crippen MR) is 74.1 cm³/mol. The van der Waals surface area contributed by atoms with Crippen LogP contribution in [0.3, 0.4) is 0 Å². The van der Waals surface area contributed by atoms with Gasteiger partial charge in [-0.3, -0.25) is 10.1 Å². The number of nitro benzene ring substituents is 1. The third-order valence-electron chi connectivity index (χ3n) is 2.49. The number of rotatable bonds is 5. The fraction of sp³-hybridized carbons (Fsp3) is 0.455. The van der Waals surface area contributed by atoms with Crippen LogP contribution in [0.15, 0.2) is 12.1 Å². The first-order valence-corrected chi connectivity index (χ1v) is 6.79. The number of halogens is 2. The highest BCUT2D eigenvalue weighted by Gasteiger charge is 2.21. The van der Waals surface area contributed by atoms with Gasteiger partial charge in [-0.2, -0.15) is 11.8 Å². The number of hydrogen-bond donors (Lipinski definition) is 1. The van der Waals surface area contributed by atoms with Gasteiger partial charge in [0.2, 0.25) is 0 Å². The number of nitrogens with zero attached hydrogens (tertiary/aromatic N) is 1. The zero-order valence-corrected chi connectivity index (χ0v) is 11.9. The molecular formula is C11H14ClFN2O2S. The molecule has 1 rings (SSSR count). The Hall–Kier alpha value is -1.01. The SMILES string of the molecule is CSC(C)(C)CNc1cc(F)c(Cl)cc1[N+](=O)[O-]. The average Bonchev–Trinajstić information content (AvgIpc) is 2.30. The van der Waals surface area contributed by atoms with Crippen molar-refractivity contribution in [1.29, 1.82) is 0 Å². The molecule has 1 N–H and O–H groups in total. The Morgan fingerprint density at radius 1 is 1.56 bits per heavy atom. The standard InChI is InChI=1S/C11H14ClFN2O2S/c1-11(2,18-3)6-14-9-5-8(13)7(12)4-10(9)15(16)17/h4-5,14H,6H2,1-3H3. The van der Waals surface area contributed by atoms with Gasteiger partial charge in [-0.25, -0.2) is 4.39 Å². The summed E-state index contributed by atoms with van der Waals surface area (Å²) in [6, 6.07) is 2.07. The normalized spacial score (nSPS) is 11.4. The van der Waals surface area contributed by atoms with Crippen LogP contribution in [-0.2, 0) is 0 Å². The van der Waals surface area contributed by atoms with Gasteiger partial charge in [0.05, 0.1) is 9.95 Å². The van der Waals surface area contributed by atoms with E-state index < -0.39 is 10.7 Å². The van der Waals surface area contributed by atoms with Crippen molar-refractivity contribution in [3.05, 3.63) is 33.1 Å². The first-order valence-electron chi connectivity index (χ1n) is 5.19. The van der Waals surface area contributed by atoms with E-state index in [9.17, 15) is 14.5 Å². The van der Waals surface area contributed by atoms with Crippen LogP contribution in [0.25, 0.3) is 0 Å². The van der Waals surface area contributed by atoms with Gasteiger partial charge in [0.15, 0.2) is 0 Å². The lowest BCUT2D eigenvalue weighted by Gasteiger charge is -2.22. The second kappa shape index (κ2) is 5.75. The van der Waals surface area contributed by atoms with Crippen molar-refractivity contribution in [1.82, 2.24) is 0 Å². The summed E-state index contributed by atoms with van der Waals surface area (Å²) in [7, 11) is 0. The molecule has 0 amide bonds. The molecule has 0 aliphatic heterocycles. The first kappa shape index (κ1) is 15.0. The quantitative estimate of drug-likeness (QED) is 0.660. The summed E-state index contributed by atoms with van der Waals surface area (Å²) in [6.07, 6.45) is 1.94. The zero-order valence-electron chi connectivity index (χ0n) is 10.3. The summed E-state index contributed by atoms with van der Waals surface area (Å²) < 4.78 is 13.2. The molecule has 1 aromatic rings. The molecule has 0 aliphatic carbocycles. The highest BCUT2D eigenvalue weighted by Crippen LogP contribution is 2.31. The van der Waals surface area contributed by atoms with Crippen LogP contribution in [-0.4, -0.2) is 22.5 Å². The molecule has 0 aromatic heterocycles. The minimum Gasteiger partial charge on any atom is -0.378 e. The third kappa shape index (κ3) is 3.74. The highest BCUT2D eigenvalue weighted by molar-refractivity contribution is 7.99. The van der Waals surface area contributed by atoms with Crippen LogP contribution in [0.2, 0.25) is 5.02 Å². The van der Waals surface area contributed by atoms with Crippen LogP contribution < -0.4 is 5.32 Å². The Kier molecular flexibility index (Phi) is 4.81. The number of nitro groups is 1. The molecule has 1 aromatic carbocycles. The minimum atomic E-state index is -0.674. The molecule has 0 atom stereocenters. The monoisotopic (exact) mass is 292 g/mol. The molecule has 0 saturated heterocycles. The van der Waals surface area contributed by atoms with Crippen molar-refractivity contribution in [2.75, 3.05) is 18.1 Å². The summed E-state index contributed by atoms with van der Waals surface area (Å²) in [5, 5.41) is 13.5. The lowest BCUT2D eigenvalue weighted by molar-refractivity contribution is -0.384. The minimum absolute atomic E-state index is 0.107. The molecule has 0 heterocycles. The smallest absolute Gasteiger partial charge is 0.294 e. The van der Waals surface area contributed by atoms with Crippen molar-refractivity contribution in [2.45, 2.75) is 18.6 Å². The number of hydrogen-bond acceptors (Lipinski definition) is 4. The molecule has 4 nitrogen and oxygen atoms in total. The van der Waals surface area contributed by atoms with Gasteiger partial charge < -0.3 is 5.32 Å². The Labute approximate surface area is 114 Å². The topological polar surface area (TPSA) is 55.2 Å². The van der Waals surface area contributed by atoms with Crippen LogP contribution >= 0.6 is 23.4 Å². The molecule has 0 radical (unpaired) electrons. The van der Waals surface area contributed by atoms with Gasteiger partial charge in [0, 0.05) is 23.4 Å². The fourth-order valence-corrected chi connectivity index (χ4v) is 1.58. The van der Waals surface area contributed by atoms with E-state index in [1.807, 2.05) is 20.1 Å². The maximum Gasteiger partial charge on any atom is 0.294 e. The number of benzene rings is 1. The van der Waals surface area contributed by atoms with Gasteiger partial charge in [0.25, 0.3) is 5.69 Å². The average molecular weight is 293 g/mol. The van der Waals surface area contributed by atoms with E-state index in [4.69, 9.17) is 11.6 Å². The second-order valence-corrected chi connectivity index (χ2v) is 6.28. The van der Waals surface area contributed by atoms with E-state index in [0.29, 0.717) is 6.54 Å². The molecule has 0 unspecified atom stereocenters. The van der Waals surface area contributed by atoms with Gasteiger partial charge in [-0.1, -0.05) is 11.6 Å². The predicted octanol–water partition coefficient (Wildman–Crippen LogP) is 3.94. The summed E-state index contributed by atoms with van der Waals surface area (Å²) in [6.45, 7) is 4.46. The Balaban J connectivity index is 3.01. The van der Waals surface area contributed by atoms with Crippen LogP contribution in [0, 0.1) is 15.9 Å². The van der Waals surface area contributed by atoms with Crippen molar-refractivity contribution >= 4 is 34.7 Å². The van der Waals surface area contributed by atoms with E-state index in [-0.39, 0.29) is 21.1 Å². The Bertz CT molecular complexity index is 469. The Morgan fingerprint density at radius 2 is 2.17 bits per heavy atom. The van der Waals surface area contributed by atoms with Crippen LogP contribution in [0.1, 0.15) is 13.8 Å². The van der Waals surface area contributed by atoms with Gasteiger partial charge in [-0.15, -0.1) is 0 Å². The second-order valence-electron chi connectivity index (χ2n) is 4.36. The maximum absolute atomic E-state index is 13.3. The van der Waals surface area contributed by atoms with E-state index in [0.717, 1.165) is 12.1 Å².